The van der Waals surface area contributed by atoms with E-state index in [1.165, 1.54) is 11.8 Å². The number of rotatable bonds is 6. The van der Waals surface area contributed by atoms with E-state index in [1.807, 2.05) is 55.5 Å². The normalized spacial score (nSPS) is 16.3. The number of methoxy groups -OCH3 is 1. The molecule has 7 nitrogen and oxygen atoms in total. The molecule has 0 spiro atoms. The van der Waals surface area contributed by atoms with E-state index in [4.69, 9.17) is 9.72 Å². The Morgan fingerprint density at radius 2 is 2.00 bits per heavy atom. The van der Waals surface area contributed by atoms with Crippen LogP contribution in [-0.2, 0) is 20.9 Å². The SMILES string of the molecule is COCCn1c(SCC(=O)N2c3ccccc3NC(=O)CC2C)nc2ccccc21. The van der Waals surface area contributed by atoms with Crippen LogP contribution < -0.4 is 10.2 Å². The third-order valence-electron chi connectivity index (χ3n) is 5.09. The maximum absolute atomic E-state index is 13.2. The Balaban J connectivity index is 1.58. The molecule has 30 heavy (non-hydrogen) atoms. The number of imidazole rings is 1. The van der Waals surface area contributed by atoms with Gasteiger partial charge in [0.05, 0.1) is 34.8 Å². The average Bonchev–Trinajstić information content (AvgIpc) is 3.02. The number of aromatic nitrogens is 2. The van der Waals surface area contributed by atoms with Crippen molar-refractivity contribution >= 4 is 46.0 Å². The van der Waals surface area contributed by atoms with Crippen LogP contribution in [0.4, 0.5) is 11.4 Å². The molecule has 0 saturated heterocycles. The Morgan fingerprint density at radius 3 is 2.83 bits per heavy atom. The first kappa shape index (κ1) is 20.4. The van der Waals surface area contributed by atoms with Crippen molar-refractivity contribution in [1.82, 2.24) is 9.55 Å². The summed E-state index contributed by atoms with van der Waals surface area (Å²) in [5.74, 6) is 0.0875. The van der Waals surface area contributed by atoms with Crippen LogP contribution in [-0.4, -0.2) is 46.9 Å². The van der Waals surface area contributed by atoms with Gasteiger partial charge in [-0.15, -0.1) is 0 Å². The van der Waals surface area contributed by atoms with Crippen molar-refractivity contribution in [2.24, 2.45) is 0 Å². The summed E-state index contributed by atoms with van der Waals surface area (Å²) in [7, 11) is 1.67. The van der Waals surface area contributed by atoms with E-state index in [-0.39, 0.29) is 30.0 Å². The number of nitrogens with one attached hydrogen (secondary N) is 1. The van der Waals surface area contributed by atoms with Crippen molar-refractivity contribution in [3.05, 3.63) is 48.5 Å². The Morgan fingerprint density at radius 1 is 1.23 bits per heavy atom. The van der Waals surface area contributed by atoms with Gasteiger partial charge >= 0.3 is 0 Å². The van der Waals surface area contributed by atoms with E-state index in [0.717, 1.165) is 21.9 Å². The van der Waals surface area contributed by atoms with Crippen LogP contribution in [0, 0.1) is 0 Å². The zero-order chi connectivity index (χ0) is 21.1. The number of nitrogens with zero attached hydrogens (tertiary/aromatic N) is 3. The molecule has 0 saturated carbocycles. The number of para-hydroxylation sites is 4. The van der Waals surface area contributed by atoms with E-state index in [9.17, 15) is 9.59 Å². The van der Waals surface area contributed by atoms with E-state index in [2.05, 4.69) is 9.88 Å². The summed E-state index contributed by atoms with van der Waals surface area (Å²) in [6, 6.07) is 15.1. The van der Waals surface area contributed by atoms with Gasteiger partial charge in [0.2, 0.25) is 11.8 Å². The van der Waals surface area contributed by atoms with Crippen molar-refractivity contribution in [3.63, 3.8) is 0 Å². The fraction of sp³-hybridized carbons (Fsp3) is 0.318. The van der Waals surface area contributed by atoms with Crippen LogP contribution in [0.15, 0.2) is 53.7 Å². The molecule has 2 heterocycles. The van der Waals surface area contributed by atoms with Crippen molar-refractivity contribution in [1.29, 1.82) is 0 Å². The number of ether oxygens (including phenoxy) is 1. The van der Waals surface area contributed by atoms with Crippen molar-refractivity contribution in [3.8, 4) is 0 Å². The zero-order valence-electron chi connectivity index (χ0n) is 17.0. The summed E-state index contributed by atoms with van der Waals surface area (Å²) in [5, 5.41) is 3.68. The van der Waals surface area contributed by atoms with Crippen LogP contribution in [0.3, 0.4) is 0 Å². The second kappa shape index (κ2) is 8.89. The molecule has 0 bridgehead atoms. The van der Waals surface area contributed by atoms with Crippen molar-refractivity contribution in [2.75, 3.05) is 29.7 Å². The van der Waals surface area contributed by atoms with E-state index in [0.29, 0.717) is 18.8 Å². The van der Waals surface area contributed by atoms with Gasteiger partial charge in [0.25, 0.3) is 0 Å². The van der Waals surface area contributed by atoms with Gasteiger partial charge in [-0.25, -0.2) is 4.98 Å². The number of amides is 2. The maximum Gasteiger partial charge on any atom is 0.237 e. The van der Waals surface area contributed by atoms with Gasteiger partial charge in [0.15, 0.2) is 5.16 Å². The first-order valence-electron chi connectivity index (χ1n) is 9.86. The topological polar surface area (TPSA) is 76.5 Å². The minimum Gasteiger partial charge on any atom is -0.383 e. The third kappa shape index (κ3) is 4.06. The molecular formula is C22H24N4O3S. The molecule has 1 aliphatic heterocycles. The lowest BCUT2D eigenvalue weighted by Crippen LogP contribution is -2.40. The van der Waals surface area contributed by atoms with E-state index >= 15 is 0 Å². The lowest BCUT2D eigenvalue weighted by atomic mass is 10.2. The number of carbonyl (C=O) groups excluding carboxylic acids is 2. The van der Waals surface area contributed by atoms with Gasteiger partial charge in [0, 0.05) is 26.1 Å². The molecule has 156 valence electrons. The number of hydrogen-bond acceptors (Lipinski definition) is 5. The van der Waals surface area contributed by atoms with Crippen molar-refractivity contribution < 1.29 is 14.3 Å². The summed E-state index contributed by atoms with van der Waals surface area (Å²) < 4.78 is 7.33. The highest BCUT2D eigenvalue weighted by Gasteiger charge is 2.29. The Kier molecular flexibility index (Phi) is 6.06. The molecule has 8 heteroatoms. The number of hydrogen-bond donors (Lipinski definition) is 1. The first-order valence-corrected chi connectivity index (χ1v) is 10.8. The van der Waals surface area contributed by atoms with Gasteiger partial charge in [-0.2, -0.15) is 0 Å². The van der Waals surface area contributed by atoms with Crippen LogP contribution in [0.1, 0.15) is 13.3 Å². The molecule has 0 aliphatic carbocycles. The van der Waals surface area contributed by atoms with Crippen LogP contribution in [0.2, 0.25) is 0 Å². The molecule has 0 radical (unpaired) electrons. The fourth-order valence-electron chi connectivity index (χ4n) is 3.73. The van der Waals surface area contributed by atoms with Crippen LogP contribution in [0.25, 0.3) is 11.0 Å². The van der Waals surface area contributed by atoms with E-state index < -0.39 is 0 Å². The maximum atomic E-state index is 13.2. The number of benzene rings is 2. The number of anilines is 2. The summed E-state index contributed by atoms with van der Waals surface area (Å²) in [6.45, 7) is 3.12. The number of carbonyl (C=O) groups is 2. The third-order valence-corrected chi connectivity index (χ3v) is 6.05. The number of thioether (sulfide) groups is 1. The average molecular weight is 425 g/mol. The molecule has 1 aromatic heterocycles. The Bertz CT molecular complexity index is 1080. The van der Waals surface area contributed by atoms with Crippen molar-refractivity contribution in [2.45, 2.75) is 31.1 Å². The molecular weight excluding hydrogens is 400 g/mol. The van der Waals surface area contributed by atoms with Gasteiger partial charge < -0.3 is 19.5 Å². The van der Waals surface area contributed by atoms with Gasteiger partial charge in [-0.3, -0.25) is 9.59 Å². The summed E-state index contributed by atoms with van der Waals surface area (Å²) in [5.41, 5.74) is 3.31. The lowest BCUT2D eigenvalue weighted by molar-refractivity contribution is -0.117. The first-order chi connectivity index (χ1) is 14.6. The van der Waals surface area contributed by atoms with Gasteiger partial charge in [-0.05, 0) is 31.2 Å². The standard InChI is InChI=1S/C22H24N4O3S/c1-15-13-20(27)23-17-8-4-6-10-19(17)26(15)21(28)14-30-22-24-16-7-3-5-9-18(16)25(22)11-12-29-2/h3-10,15H,11-14H2,1-2H3,(H,23,27). The predicted octanol–water partition coefficient (Wildman–Crippen LogP) is 3.54. The lowest BCUT2D eigenvalue weighted by Gasteiger charge is -2.27. The highest BCUT2D eigenvalue weighted by molar-refractivity contribution is 7.99. The minimum absolute atomic E-state index is 0.0539. The van der Waals surface area contributed by atoms with Crippen LogP contribution >= 0.6 is 11.8 Å². The molecule has 1 unspecified atom stereocenters. The molecule has 2 amide bonds. The molecule has 1 N–H and O–H groups in total. The highest BCUT2D eigenvalue weighted by Crippen LogP contribution is 2.32. The molecule has 1 atom stereocenters. The summed E-state index contributed by atoms with van der Waals surface area (Å²) in [6.07, 6.45) is 0.261. The zero-order valence-corrected chi connectivity index (χ0v) is 17.8. The second-order valence-corrected chi connectivity index (χ2v) is 8.14. The molecule has 2 aromatic carbocycles. The second-order valence-electron chi connectivity index (χ2n) is 7.20. The summed E-state index contributed by atoms with van der Waals surface area (Å²) in [4.78, 5) is 31.9. The largest absolute Gasteiger partial charge is 0.383 e. The number of fused-ring (bicyclic) bond motifs is 2. The Labute approximate surface area is 179 Å². The fourth-order valence-corrected chi connectivity index (χ4v) is 4.63. The molecule has 3 aromatic rings. The van der Waals surface area contributed by atoms with Gasteiger partial charge in [0.1, 0.15) is 0 Å². The molecule has 1 aliphatic rings. The molecule has 4 rings (SSSR count). The predicted molar refractivity (Wildman–Crippen MR) is 119 cm³/mol. The van der Waals surface area contributed by atoms with Crippen LogP contribution in [0.5, 0.6) is 0 Å². The van der Waals surface area contributed by atoms with Gasteiger partial charge in [-0.1, -0.05) is 36.0 Å². The minimum atomic E-state index is -0.228. The quantitative estimate of drug-likeness (QED) is 0.613. The Hall–Kier alpha value is -2.84. The molecule has 0 fully saturated rings. The monoisotopic (exact) mass is 424 g/mol. The summed E-state index contributed by atoms with van der Waals surface area (Å²) >= 11 is 1.41. The van der Waals surface area contributed by atoms with E-state index in [1.54, 1.807) is 12.0 Å². The highest BCUT2D eigenvalue weighted by atomic mass is 32.2. The smallest absolute Gasteiger partial charge is 0.237 e.